The molecule has 0 aliphatic heterocycles. The van der Waals surface area contributed by atoms with Gasteiger partial charge in [-0.25, -0.2) is 0 Å². The minimum absolute atomic E-state index is 0.0342. The van der Waals surface area contributed by atoms with Crippen LogP contribution in [-0.4, -0.2) is 12.5 Å². The quantitative estimate of drug-likeness (QED) is 0.513. The van der Waals surface area contributed by atoms with E-state index in [4.69, 9.17) is 16.3 Å². The van der Waals surface area contributed by atoms with Crippen LogP contribution < -0.4 is 10.1 Å². The Morgan fingerprint density at radius 1 is 1.30 bits per heavy atom. The lowest BCUT2D eigenvalue weighted by Gasteiger charge is -2.16. The summed E-state index contributed by atoms with van der Waals surface area (Å²) in [6, 6.07) is 12.7. The summed E-state index contributed by atoms with van der Waals surface area (Å²) in [4.78, 5) is 12.5. The maximum absolute atomic E-state index is 12.5. The number of nitriles is 1. The molecule has 0 bridgehead atoms. The van der Waals surface area contributed by atoms with Crippen LogP contribution in [0.2, 0.25) is 5.02 Å². The molecule has 0 fully saturated rings. The molecule has 0 heterocycles. The fourth-order valence-electron chi connectivity index (χ4n) is 2.64. The Hall–Kier alpha value is -2.77. The number of carbonyl (C=O) groups is 1. The van der Waals surface area contributed by atoms with E-state index in [1.807, 2.05) is 32.0 Å². The van der Waals surface area contributed by atoms with E-state index in [-0.39, 0.29) is 11.5 Å². The monoisotopic (exact) mass is 382 g/mol. The van der Waals surface area contributed by atoms with Gasteiger partial charge in [0.2, 0.25) is 0 Å². The summed E-state index contributed by atoms with van der Waals surface area (Å²) in [5, 5.41) is 12.8. The van der Waals surface area contributed by atoms with Gasteiger partial charge in [-0.2, -0.15) is 5.26 Å². The van der Waals surface area contributed by atoms with E-state index in [1.54, 1.807) is 30.3 Å². The molecule has 4 nitrogen and oxygen atoms in total. The van der Waals surface area contributed by atoms with Gasteiger partial charge in [-0.05, 0) is 78.9 Å². The highest BCUT2D eigenvalue weighted by atomic mass is 35.5. The lowest BCUT2D eigenvalue weighted by atomic mass is 9.95. The average molecular weight is 383 g/mol. The molecular weight excluding hydrogens is 360 g/mol. The van der Waals surface area contributed by atoms with Crippen molar-refractivity contribution in [3.8, 4) is 11.8 Å². The first kappa shape index (κ1) is 20.5. The topological polar surface area (TPSA) is 62.1 Å². The summed E-state index contributed by atoms with van der Waals surface area (Å²) in [5.74, 6) is 0.637. The zero-order chi connectivity index (χ0) is 20.0. The van der Waals surface area contributed by atoms with Crippen LogP contribution in [0.4, 0.5) is 5.69 Å². The lowest BCUT2D eigenvalue weighted by molar-refractivity contribution is -0.112. The van der Waals surface area contributed by atoms with Crippen molar-refractivity contribution in [2.45, 2.75) is 33.6 Å². The first-order valence-electron chi connectivity index (χ1n) is 8.81. The van der Waals surface area contributed by atoms with Gasteiger partial charge in [0.25, 0.3) is 5.91 Å². The average Bonchev–Trinajstić information content (AvgIpc) is 2.63. The number of hydrogen-bond acceptors (Lipinski definition) is 3. The highest BCUT2D eigenvalue weighted by Crippen LogP contribution is 2.31. The van der Waals surface area contributed by atoms with Crippen LogP contribution in [0.3, 0.4) is 0 Å². The number of nitrogens with zero attached hydrogens (tertiary/aromatic N) is 1. The predicted molar refractivity (Wildman–Crippen MR) is 110 cm³/mol. The number of amides is 1. The Kier molecular flexibility index (Phi) is 7.04. The second-order valence-electron chi connectivity index (χ2n) is 6.47. The molecule has 140 valence electrons. The number of aryl methyl sites for hydroxylation is 1. The van der Waals surface area contributed by atoms with E-state index in [0.29, 0.717) is 17.3 Å². The number of rotatable bonds is 6. The Morgan fingerprint density at radius 3 is 2.52 bits per heavy atom. The van der Waals surface area contributed by atoms with E-state index in [2.05, 4.69) is 19.2 Å². The second-order valence-corrected chi connectivity index (χ2v) is 6.90. The van der Waals surface area contributed by atoms with Crippen LogP contribution in [0.25, 0.3) is 6.08 Å². The first-order valence-corrected chi connectivity index (χ1v) is 9.19. The summed E-state index contributed by atoms with van der Waals surface area (Å²) in [6.07, 6.45) is 1.61. The van der Waals surface area contributed by atoms with Crippen LogP contribution in [0.1, 0.15) is 43.4 Å². The number of hydrogen-bond donors (Lipinski definition) is 1. The zero-order valence-electron chi connectivity index (χ0n) is 16.0. The molecule has 1 amide bonds. The summed E-state index contributed by atoms with van der Waals surface area (Å²) in [6.45, 7) is 8.63. The Bertz CT molecular complexity index is 894. The number of ether oxygens (including phenoxy) is 1. The molecule has 0 saturated carbocycles. The molecule has 2 aromatic carbocycles. The van der Waals surface area contributed by atoms with Crippen LogP contribution in [-0.2, 0) is 4.79 Å². The van der Waals surface area contributed by atoms with Crippen molar-refractivity contribution >= 4 is 29.3 Å². The maximum Gasteiger partial charge on any atom is 0.266 e. The number of anilines is 1. The molecule has 0 atom stereocenters. The molecule has 2 rings (SSSR count). The van der Waals surface area contributed by atoms with Gasteiger partial charge in [-0.15, -0.1) is 0 Å². The number of halogens is 1. The highest BCUT2D eigenvalue weighted by molar-refractivity contribution is 6.30. The summed E-state index contributed by atoms with van der Waals surface area (Å²) >= 11 is 5.85. The van der Waals surface area contributed by atoms with E-state index < -0.39 is 5.91 Å². The van der Waals surface area contributed by atoms with Crippen LogP contribution in [0.15, 0.2) is 42.0 Å². The van der Waals surface area contributed by atoms with E-state index in [1.165, 1.54) is 0 Å². The van der Waals surface area contributed by atoms with Gasteiger partial charge in [0.15, 0.2) is 0 Å². The molecule has 1 N–H and O–H groups in total. The standard InChI is InChI=1S/C22H23ClN2O2/c1-5-27-21-10-15(4)16(12-20(21)14(2)3)11-17(13-24)22(26)25-19-8-6-18(23)7-9-19/h6-12,14H,5H2,1-4H3,(H,25,26)/b17-11+. The van der Waals surface area contributed by atoms with Crippen LogP contribution >= 0.6 is 11.6 Å². The van der Waals surface area contributed by atoms with Gasteiger partial charge in [0, 0.05) is 10.7 Å². The molecule has 0 aliphatic rings. The summed E-state index contributed by atoms with van der Waals surface area (Å²) in [5.41, 5.74) is 3.42. The van der Waals surface area contributed by atoms with Gasteiger partial charge < -0.3 is 10.1 Å². The second kappa shape index (κ2) is 9.25. The van der Waals surface area contributed by atoms with Crippen molar-refractivity contribution < 1.29 is 9.53 Å². The third kappa shape index (κ3) is 5.35. The van der Waals surface area contributed by atoms with Crippen molar-refractivity contribution in [3.63, 3.8) is 0 Å². The van der Waals surface area contributed by atoms with Crippen molar-refractivity contribution in [1.82, 2.24) is 0 Å². The number of benzene rings is 2. The number of nitrogens with one attached hydrogen (secondary N) is 1. The molecule has 0 saturated heterocycles. The van der Waals surface area contributed by atoms with Gasteiger partial charge >= 0.3 is 0 Å². The first-order chi connectivity index (χ1) is 12.8. The highest BCUT2D eigenvalue weighted by Gasteiger charge is 2.14. The minimum atomic E-state index is -0.459. The molecule has 5 heteroatoms. The maximum atomic E-state index is 12.5. The Labute approximate surface area is 165 Å². The molecule has 0 unspecified atom stereocenters. The third-order valence-corrected chi connectivity index (χ3v) is 4.34. The van der Waals surface area contributed by atoms with E-state index >= 15 is 0 Å². The van der Waals surface area contributed by atoms with Crippen LogP contribution in [0.5, 0.6) is 5.75 Å². The van der Waals surface area contributed by atoms with E-state index in [9.17, 15) is 10.1 Å². The lowest BCUT2D eigenvalue weighted by Crippen LogP contribution is -2.13. The largest absolute Gasteiger partial charge is 0.494 e. The molecule has 0 aromatic heterocycles. The molecule has 0 aliphatic carbocycles. The fourth-order valence-corrected chi connectivity index (χ4v) is 2.76. The predicted octanol–water partition coefficient (Wildman–Crippen LogP) is 5.72. The van der Waals surface area contributed by atoms with Gasteiger partial charge in [-0.3, -0.25) is 4.79 Å². The van der Waals surface area contributed by atoms with Crippen molar-refractivity contribution in [1.29, 1.82) is 5.26 Å². The van der Waals surface area contributed by atoms with Gasteiger partial charge in [0.05, 0.1) is 6.61 Å². The minimum Gasteiger partial charge on any atom is -0.494 e. The van der Waals surface area contributed by atoms with Gasteiger partial charge in [0.1, 0.15) is 17.4 Å². The molecule has 27 heavy (non-hydrogen) atoms. The fraction of sp³-hybridized carbons (Fsp3) is 0.273. The SMILES string of the molecule is CCOc1cc(C)c(/C=C(\C#N)C(=O)Nc2ccc(Cl)cc2)cc1C(C)C. The molecular formula is C22H23ClN2O2. The van der Waals surface area contributed by atoms with Crippen molar-refractivity contribution in [2.24, 2.45) is 0 Å². The van der Waals surface area contributed by atoms with Gasteiger partial charge in [-0.1, -0.05) is 25.4 Å². The smallest absolute Gasteiger partial charge is 0.266 e. The molecule has 0 spiro atoms. The third-order valence-electron chi connectivity index (χ3n) is 4.09. The normalized spacial score (nSPS) is 11.2. The summed E-state index contributed by atoms with van der Waals surface area (Å²) < 4.78 is 5.73. The zero-order valence-corrected chi connectivity index (χ0v) is 16.7. The number of carbonyl (C=O) groups excluding carboxylic acids is 1. The molecule has 2 aromatic rings. The Balaban J connectivity index is 2.36. The Morgan fingerprint density at radius 2 is 1.96 bits per heavy atom. The van der Waals surface area contributed by atoms with E-state index in [0.717, 1.165) is 22.4 Å². The van der Waals surface area contributed by atoms with Crippen LogP contribution in [0, 0.1) is 18.3 Å². The summed E-state index contributed by atoms with van der Waals surface area (Å²) in [7, 11) is 0. The molecule has 0 radical (unpaired) electrons. The van der Waals surface area contributed by atoms with Crippen molar-refractivity contribution in [2.75, 3.05) is 11.9 Å². The van der Waals surface area contributed by atoms with Crippen molar-refractivity contribution in [3.05, 3.63) is 63.7 Å².